The maximum atomic E-state index is 13.6. The van der Waals surface area contributed by atoms with Gasteiger partial charge in [-0.15, -0.1) is 0 Å². The van der Waals surface area contributed by atoms with Crippen molar-refractivity contribution in [3.8, 4) is 6.07 Å². The van der Waals surface area contributed by atoms with Gasteiger partial charge in [-0.05, 0) is 56.2 Å². The molecule has 2 aromatic carbocycles. The van der Waals surface area contributed by atoms with Gasteiger partial charge < -0.3 is 0 Å². The number of benzene rings is 2. The van der Waals surface area contributed by atoms with E-state index in [4.69, 9.17) is 0 Å². The van der Waals surface area contributed by atoms with Crippen molar-refractivity contribution in [1.82, 2.24) is 0 Å². The Hall–Kier alpha value is -2.39. The normalized spacial score (nSPS) is 19.8. The number of rotatable bonds is 3. The minimum Gasteiger partial charge on any atom is -0.259 e. The highest BCUT2D eigenvalue weighted by molar-refractivity contribution is 7.93. The molecule has 1 atom stereocenters. The van der Waals surface area contributed by atoms with E-state index in [-0.39, 0.29) is 11.3 Å². The van der Waals surface area contributed by atoms with Gasteiger partial charge >= 0.3 is 0 Å². The standard InChI is InChI=1S/C18H17FN2O2S/c1-13-3-6-16(7-4-13)24(22,23)21-17-8-5-15(19)11-14(17)12-18(21,2)9-10-20/h3-8,11H,9,12H2,1-2H3. The van der Waals surface area contributed by atoms with E-state index in [0.717, 1.165) is 5.56 Å². The quantitative estimate of drug-likeness (QED) is 0.855. The molecule has 0 bridgehead atoms. The Kier molecular flexibility index (Phi) is 3.84. The molecule has 0 aliphatic carbocycles. The number of halogens is 1. The zero-order chi connectivity index (χ0) is 17.5. The van der Waals surface area contributed by atoms with Gasteiger partial charge in [0.15, 0.2) is 0 Å². The second-order valence-electron chi connectivity index (χ2n) is 6.36. The molecule has 0 amide bonds. The highest BCUT2D eigenvalue weighted by atomic mass is 32.2. The average molecular weight is 344 g/mol. The van der Waals surface area contributed by atoms with Crippen molar-refractivity contribution < 1.29 is 12.8 Å². The lowest BCUT2D eigenvalue weighted by Gasteiger charge is -2.34. The van der Waals surface area contributed by atoms with Crippen LogP contribution in [0.3, 0.4) is 0 Å². The summed E-state index contributed by atoms with van der Waals surface area (Å²) >= 11 is 0. The third kappa shape index (κ3) is 2.55. The van der Waals surface area contributed by atoms with E-state index in [0.29, 0.717) is 17.7 Å². The first-order valence-electron chi connectivity index (χ1n) is 7.55. The van der Waals surface area contributed by atoms with Crippen LogP contribution in [0.25, 0.3) is 0 Å². The van der Waals surface area contributed by atoms with E-state index >= 15 is 0 Å². The summed E-state index contributed by atoms with van der Waals surface area (Å²) in [5, 5.41) is 9.17. The topological polar surface area (TPSA) is 61.2 Å². The molecule has 1 unspecified atom stereocenters. The van der Waals surface area contributed by atoms with Gasteiger partial charge in [-0.2, -0.15) is 5.26 Å². The van der Waals surface area contributed by atoms with Crippen LogP contribution in [0.15, 0.2) is 47.4 Å². The molecular weight excluding hydrogens is 327 g/mol. The third-order valence-electron chi connectivity index (χ3n) is 4.34. The van der Waals surface area contributed by atoms with Crippen molar-refractivity contribution in [2.45, 2.75) is 37.1 Å². The smallest absolute Gasteiger partial charge is 0.259 e. The van der Waals surface area contributed by atoms with Crippen molar-refractivity contribution in [1.29, 1.82) is 5.26 Å². The maximum absolute atomic E-state index is 13.6. The van der Waals surface area contributed by atoms with E-state index in [9.17, 15) is 18.1 Å². The molecule has 2 aromatic rings. The van der Waals surface area contributed by atoms with Gasteiger partial charge in [0.25, 0.3) is 10.0 Å². The number of nitriles is 1. The Morgan fingerprint density at radius 2 is 1.92 bits per heavy atom. The zero-order valence-electron chi connectivity index (χ0n) is 13.5. The largest absolute Gasteiger partial charge is 0.264 e. The Balaban J connectivity index is 2.19. The number of aryl methyl sites for hydroxylation is 1. The van der Waals surface area contributed by atoms with Crippen LogP contribution in [-0.2, 0) is 16.4 Å². The van der Waals surface area contributed by atoms with Gasteiger partial charge in [0, 0.05) is 0 Å². The average Bonchev–Trinajstić information content (AvgIpc) is 2.79. The lowest BCUT2D eigenvalue weighted by atomic mass is 9.94. The molecule has 4 nitrogen and oxygen atoms in total. The molecule has 6 heteroatoms. The van der Waals surface area contributed by atoms with Gasteiger partial charge in [-0.1, -0.05) is 17.7 Å². The number of anilines is 1. The summed E-state index contributed by atoms with van der Waals surface area (Å²) in [6.07, 6.45) is 0.327. The van der Waals surface area contributed by atoms with Gasteiger partial charge in [0.1, 0.15) is 5.82 Å². The fraction of sp³-hybridized carbons (Fsp3) is 0.278. The van der Waals surface area contributed by atoms with Crippen molar-refractivity contribution in [2.75, 3.05) is 4.31 Å². The molecule has 3 rings (SSSR count). The molecule has 0 saturated carbocycles. The van der Waals surface area contributed by atoms with Crippen molar-refractivity contribution in [3.05, 3.63) is 59.4 Å². The van der Waals surface area contributed by atoms with Crippen LogP contribution in [0.2, 0.25) is 0 Å². The predicted octanol–water partition coefficient (Wildman–Crippen LogP) is 3.56. The molecular formula is C18H17FN2O2S. The van der Waals surface area contributed by atoms with Gasteiger partial charge in [0.2, 0.25) is 0 Å². The van der Waals surface area contributed by atoms with E-state index in [1.165, 1.54) is 22.5 Å². The number of sulfonamides is 1. The number of hydrogen-bond acceptors (Lipinski definition) is 3. The van der Waals surface area contributed by atoms with Gasteiger partial charge in [-0.3, -0.25) is 4.31 Å². The number of hydrogen-bond donors (Lipinski definition) is 0. The second-order valence-corrected chi connectivity index (χ2v) is 8.15. The first-order chi connectivity index (χ1) is 11.3. The Labute approximate surface area is 141 Å². The molecule has 0 N–H and O–H groups in total. The van der Waals surface area contributed by atoms with Gasteiger partial charge in [0.05, 0.1) is 28.6 Å². The molecule has 1 aliphatic rings. The molecule has 0 aromatic heterocycles. The van der Waals surface area contributed by atoms with Crippen LogP contribution in [0.1, 0.15) is 24.5 Å². The van der Waals surface area contributed by atoms with Gasteiger partial charge in [-0.25, -0.2) is 12.8 Å². The van der Waals surface area contributed by atoms with Crippen molar-refractivity contribution >= 4 is 15.7 Å². The summed E-state index contributed by atoms with van der Waals surface area (Å²) in [5.74, 6) is -0.414. The van der Waals surface area contributed by atoms with Crippen LogP contribution >= 0.6 is 0 Å². The minimum absolute atomic E-state index is 0.0222. The first kappa shape index (κ1) is 16.5. The fourth-order valence-corrected chi connectivity index (χ4v) is 5.04. The van der Waals surface area contributed by atoms with Crippen molar-refractivity contribution in [3.63, 3.8) is 0 Å². The number of fused-ring (bicyclic) bond motifs is 1. The lowest BCUT2D eigenvalue weighted by Crippen LogP contribution is -2.47. The lowest BCUT2D eigenvalue weighted by molar-refractivity contribution is 0.489. The summed E-state index contributed by atoms with van der Waals surface area (Å²) in [4.78, 5) is 0.162. The monoisotopic (exact) mass is 344 g/mol. The van der Waals surface area contributed by atoms with Crippen LogP contribution in [0.5, 0.6) is 0 Å². The second kappa shape index (κ2) is 5.60. The summed E-state index contributed by atoms with van der Waals surface area (Å²) in [6.45, 7) is 3.60. The molecule has 1 aliphatic heterocycles. The molecule has 0 saturated heterocycles. The summed E-state index contributed by atoms with van der Waals surface area (Å²) in [6, 6.07) is 12.7. The Morgan fingerprint density at radius 1 is 1.25 bits per heavy atom. The molecule has 0 spiro atoms. The zero-order valence-corrected chi connectivity index (χ0v) is 14.3. The number of nitrogens with zero attached hydrogens (tertiary/aromatic N) is 2. The molecule has 24 heavy (non-hydrogen) atoms. The van der Waals surface area contributed by atoms with Crippen LogP contribution in [-0.4, -0.2) is 14.0 Å². The molecule has 124 valence electrons. The molecule has 0 fully saturated rings. The molecule has 0 radical (unpaired) electrons. The van der Waals surface area contributed by atoms with E-state index < -0.39 is 21.4 Å². The summed E-state index contributed by atoms with van der Waals surface area (Å²) in [7, 11) is -3.85. The predicted molar refractivity (Wildman–Crippen MR) is 89.6 cm³/mol. The minimum atomic E-state index is -3.85. The Morgan fingerprint density at radius 3 is 2.54 bits per heavy atom. The highest BCUT2D eigenvalue weighted by Gasteiger charge is 2.46. The van der Waals surface area contributed by atoms with Crippen LogP contribution in [0, 0.1) is 24.1 Å². The van der Waals surface area contributed by atoms with Crippen molar-refractivity contribution in [2.24, 2.45) is 0 Å². The van der Waals surface area contributed by atoms with E-state index in [1.807, 2.05) is 6.92 Å². The van der Waals surface area contributed by atoms with Crippen LogP contribution in [0.4, 0.5) is 10.1 Å². The Bertz CT molecular complexity index is 932. The first-order valence-corrected chi connectivity index (χ1v) is 8.99. The SMILES string of the molecule is Cc1ccc(S(=O)(=O)N2c3ccc(F)cc3CC2(C)CC#N)cc1. The summed E-state index contributed by atoms with van der Waals surface area (Å²) < 4.78 is 41.3. The highest BCUT2D eigenvalue weighted by Crippen LogP contribution is 2.44. The fourth-order valence-electron chi connectivity index (χ4n) is 3.21. The summed E-state index contributed by atoms with van der Waals surface area (Å²) in [5.41, 5.74) is 1.06. The van der Waals surface area contributed by atoms with Crippen LogP contribution < -0.4 is 4.31 Å². The van der Waals surface area contributed by atoms with E-state index in [1.54, 1.807) is 31.2 Å². The maximum Gasteiger partial charge on any atom is 0.264 e. The third-order valence-corrected chi connectivity index (χ3v) is 6.33. The van der Waals surface area contributed by atoms with E-state index in [2.05, 4.69) is 6.07 Å². The molecule has 1 heterocycles.